The minimum atomic E-state index is -1.04. The second kappa shape index (κ2) is 8.71. The molecular weight excluding hydrogens is 396 g/mol. The van der Waals surface area contributed by atoms with Gasteiger partial charge >= 0.3 is 5.97 Å². The summed E-state index contributed by atoms with van der Waals surface area (Å²) >= 11 is 3.34. The first-order valence-electron chi connectivity index (χ1n) is 7.57. The Balaban J connectivity index is 1.92. The first-order chi connectivity index (χ1) is 11.9. The molecule has 0 fully saturated rings. The summed E-state index contributed by atoms with van der Waals surface area (Å²) in [6, 6.07) is 9.74. The van der Waals surface area contributed by atoms with Gasteiger partial charge in [0, 0.05) is 10.5 Å². The van der Waals surface area contributed by atoms with E-state index in [1.807, 2.05) is 31.2 Å². The third-order valence-electron chi connectivity index (χ3n) is 3.50. The van der Waals surface area contributed by atoms with Crippen molar-refractivity contribution in [3.63, 3.8) is 0 Å². The number of ether oxygens (including phenoxy) is 1. The lowest BCUT2D eigenvalue weighted by Gasteiger charge is -2.17. The van der Waals surface area contributed by atoms with E-state index < -0.39 is 35.7 Å². The van der Waals surface area contributed by atoms with Crippen LogP contribution in [0.15, 0.2) is 46.9 Å². The normalized spacial score (nSPS) is 11.7. The van der Waals surface area contributed by atoms with Crippen molar-refractivity contribution in [3.8, 4) is 0 Å². The second-order valence-electron chi connectivity index (χ2n) is 5.28. The highest BCUT2D eigenvalue weighted by molar-refractivity contribution is 9.10. The van der Waals surface area contributed by atoms with Crippen LogP contribution in [0.5, 0.6) is 0 Å². The molecule has 0 heterocycles. The van der Waals surface area contributed by atoms with Crippen LogP contribution >= 0.6 is 15.9 Å². The molecule has 132 valence electrons. The fourth-order valence-corrected chi connectivity index (χ4v) is 2.48. The highest BCUT2D eigenvalue weighted by Crippen LogP contribution is 2.19. The SMILES string of the molecule is CC[C@H](NC(=O)COC(=O)c1ccc(F)cc1F)c1ccc(Br)cc1. The van der Waals surface area contributed by atoms with Gasteiger partial charge in [-0.3, -0.25) is 4.79 Å². The fraction of sp³-hybridized carbons (Fsp3) is 0.222. The Morgan fingerprint density at radius 3 is 2.44 bits per heavy atom. The van der Waals surface area contributed by atoms with Crippen molar-refractivity contribution in [1.29, 1.82) is 0 Å². The molecule has 2 aromatic rings. The third kappa shape index (κ3) is 5.35. The Bertz CT molecular complexity index is 765. The average Bonchev–Trinajstić information content (AvgIpc) is 2.58. The predicted molar refractivity (Wildman–Crippen MR) is 92.0 cm³/mol. The summed E-state index contributed by atoms with van der Waals surface area (Å²) in [6.45, 7) is 1.36. The first kappa shape index (κ1) is 19.1. The van der Waals surface area contributed by atoms with Gasteiger partial charge in [-0.2, -0.15) is 0 Å². The summed E-state index contributed by atoms with van der Waals surface area (Å²) in [5.41, 5.74) is 0.490. The van der Waals surface area contributed by atoms with Crippen LogP contribution in [0, 0.1) is 11.6 Å². The molecule has 1 N–H and O–H groups in total. The zero-order valence-electron chi connectivity index (χ0n) is 13.4. The number of carbonyl (C=O) groups is 2. The Morgan fingerprint density at radius 2 is 1.84 bits per heavy atom. The summed E-state index contributed by atoms with van der Waals surface area (Å²) in [5, 5.41) is 2.75. The van der Waals surface area contributed by atoms with Crippen molar-refractivity contribution in [2.24, 2.45) is 0 Å². The minimum Gasteiger partial charge on any atom is -0.452 e. The highest BCUT2D eigenvalue weighted by atomic mass is 79.9. The highest BCUT2D eigenvalue weighted by Gasteiger charge is 2.17. The van der Waals surface area contributed by atoms with Gasteiger partial charge in [0.25, 0.3) is 5.91 Å². The molecular formula is C18H16BrF2NO3. The molecule has 0 bridgehead atoms. The monoisotopic (exact) mass is 411 g/mol. The molecule has 0 saturated carbocycles. The number of carbonyl (C=O) groups excluding carboxylic acids is 2. The average molecular weight is 412 g/mol. The molecule has 0 radical (unpaired) electrons. The third-order valence-corrected chi connectivity index (χ3v) is 4.03. The van der Waals surface area contributed by atoms with E-state index >= 15 is 0 Å². The van der Waals surface area contributed by atoms with E-state index in [0.717, 1.165) is 22.2 Å². The quantitative estimate of drug-likeness (QED) is 0.726. The Labute approximate surface area is 152 Å². The van der Waals surface area contributed by atoms with Gasteiger partial charge in [0.2, 0.25) is 0 Å². The van der Waals surface area contributed by atoms with Crippen LogP contribution in [0.3, 0.4) is 0 Å². The fourth-order valence-electron chi connectivity index (χ4n) is 2.22. The first-order valence-corrected chi connectivity index (χ1v) is 8.37. The molecule has 0 aliphatic rings. The van der Waals surface area contributed by atoms with Crippen LogP contribution in [0.2, 0.25) is 0 Å². The van der Waals surface area contributed by atoms with Crippen LogP contribution < -0.4 is 5.32 Å². The van der Waals surface area contributed by atoms with E-state index in [2.05, 4.69) is 21.2 Å². The summed E-state index contributed by atoms with van der Waals surface area (Å²) < 4.78 is 32.0. The lowest BCUT2D eigenvalue weighted by Crippen LogP contribution is -2.32. The van der Waals surface area contributed by atoms with Gasteiger partial charge in [-0.1, -0.05) is 35.0 Å². The Kier molecular flexibility index (Phi) is 6.64. The van der Waals surface area contributed by atoms with Crippen molar-refractivity contribution in [3.05, 3.63) is 69.7 Å². The van der Waals surface area contributed by atoms with Gasteiger partial charge in [-0.05, 0) is 36.2 Å². The molecule has 2 aromatic carbocycles. The lowest BCUT2D eigenvalue weighted by molar-refractivity contribution is -0.125. The van der Waals surface area contributed by atoms with Crippen molar-refractivity contribution in [1.82, 2.24) is 5.32 Å². The summed E-state index contributed by atoms with van der Waals surface area (Å²) in [4.78, 5) is 23.8. The Morgan fingerprint density at radius 1 is 1.16 bits per heavy atom. The minimum absolute atomic E-state index is 0.234. The van der Waals surface area contributed by atoms with Gasteiger partial charge in [-0.25, -0.2) is 13.6 Å². The van der Waals surface area contributed by atoms with Crippen LogP contribution in [0.25, 0.3) is 0 Å². The topological polar surface area (TPSA) is 55.4 Å². The standard InChI is InChI=1S/C18H16BrF2NO3/c1-2-16(11-3-5-12(19)6-4-11)22-17(23)10-25-18(24)14-8-7-13(20)9-15(14)21/h3-9,16H,2,10H2,1H3,(H,22,23)/t16-/m0/s1. The van der Waals surface area contributed by atoms with Crippen LogP contribution in [0.1, 0.15) is 35.3 Å². The molecule has 0 aromatic heterocycles. The number of halogens is 3. The van der Waals surface area contributed by atoms with Gasteiger partial charge in [0.1, 0.15) is 11.6 Å². The molecule has 4 nitrogen and oxygen atoms in total. The van der Waals surface area contributed by atoms with Crippen LogP contribution in [-0.2, 0) is 9.53 Å². The maximum atomic E-state index is 13.5. The molecule has 1 atom stereocenters. The van der Waals surface area contributed by atoms with E-state index in [-0.39, 0.29) is 6.04 Å². The molecule has 7 heteroatoms. The zero-order valence-corrected chi connectivity index (χ0v) is 15.0. The second-order valence-corrected chi connectivity index (χ2v) is 6.20. The van der Waals surface area contributed by atoms with Gasteiger partial charge < -0.3 is 10.1 Å². The van der Waals surface area contributed by atoms with Crippen LogP contribution in [-0.4, -0.2) is 18.5 Å². The van der Waals surface area contributed by atoms with Gasteiger partial charge in [-0.15, -0.1) is 0 Å². The maximum Gasteiger partial charge on any atom is 0.341 e. The van der Waals surface area contributed by atoms with E-state index in [9.17, 15) is 18.4 Å². The number of hydrogen-bond donors (Lipinski definition) is 1. The largest absolute Gasteiger partial charge is 0.452 e. The molecule has 0 unspecified atom stereocenters. The van der Waals surface area contributed by atoms with Crippen molar-refractivity contribution in [2.75, 3.05) is 6.61 Å². The number of rotatable bonds is 6. The molecule has 25 heavy (non-hydrogen) atoms. The molecule has 0 saturated heterocycles. The van der Waals surface area contributed by atoms with E-state index in [0.29, 0.717) is 12.5 Å². The number of esters is 1. The van der Waals surface area contributed by atoms with Crippen molar-refractivity contribution >= 4 is 27.8 Å². The molecule has 0 aliphatic heterocycles. The Hall–Kier alpha value is -2.28. The molecule has 2 rings (SSSR count). The summed E-state index contributed by atoms with van der Waals surface area (Å²) in [7, 11) is 0. The van der Waals surface area contributed by atoms with E-state index in [1.165, 1.54) is 0 Å². The van der Waals surface area contributed by atoms with Gasteiger partial charge in [0.15, 0.2) is 6.61 Å². The number of benzene rings is 2. The zero-order chi connectivity index (χ0) is 18.4. The van der Waals surface area contributed by atoms with Crippen LogP contribution in [0.4, 0.5) is 8.78 Å². The smallest absolute Gasteiger partial charge is 0.341 e. The lowest BCUT2D eigenvalue weighted by atomic mass is 10.0. The van der Waals surface area contributed by atoms with Crippen molar-refractivity contribution < 1.29 is 23.1 Å². The number of nitrogens with one attached hydrogen (secondary N) is 1. The number of hydrogen-bond acceptors (Lipinski definition) is 3. The van der Waals surface area contributed by atoms with Gasteiger partial charge in [0.05, 0.1) is 11.6 Å². The summed E-state index contributed by atoms with van der Waals surface area (Å²) in [5.74, 6) is -3.37. The van der Waals surface area contributed by atoms with Crippen molar-refractivity contribution in [2.45, 2.75) is 19.4 Å². The molecule has 0 spiro atoms. The van der Waals surface area contributed by atoms with E-state index in [1.54, 1.807) is 0 Å². The van der Waals surface area contributed by atoms with E-state index in [4.69, 9.17) is 4.74 Å². The molecule has 1 amide bonds. The summed E-state index contributed by atoms with van der Waals surface area (Å²) in [6.07, 6.45) is 0.647. The number of amides is 1. The maximum absolute atomic E-state index is 13.5. The molecule has 0 aliphatic carbocycles. The predicted octanol–water partition coefficient (Wildman–Crippen LogP) is 4.15.